The number of fused-ring (bicyclic) bond motifs is 3. The Labute approximate surface area is 174 Å². The van der Waals surface area contributed by atoms with E-state index in [-0.39, 0.29) is 17.0 Å². The fourth-order valence-electron chi connectivity index (χ4n) is 3.63. The summed E-state index contributed by atoms with van der Waals surface area (Å²) >= 11 is 5.83. The number of dihydropyridines is 1. The minimum Gasteiger partial charge on any atom is -0.366 e. The Morgan fingerprint density at radius 1 is 1.33 bits per heavy atom. The van der Waals surface area contributed by atoms with Crippen molar-refractivity contribution >= 4 is 29.4 Å². The van der Waals surface area contributed by atoms with E-state index in [1.165, 1.54) is 23.4 Å². The van der Waals surface area contributed by atoms with Crippen molar-refractivity contribution in [2.24, 2.45) is 0 Å². The summed E-state index contributed by atoms with van der Waals surface area (Å²) < 4.78 is 37.2. The van der Waals surface area contributed by atoms with Gasteiger partial charge in [-0.05, 0) is 12.5 Å². The van der Waals surface area contributed by atoms with Gasteiger partial charge in [-0.15, -0.1) is 0 Å². The van der Waals surface area contributed by atoms with Gasteiger partial charge in [-0.25, -0.2) is 14.8 Å². The molecule has 0 aliphatic carbocycles. The molecule has 0 spiro atoms. The quantitative estimate of drug-likeness (QED) is 0.611. The molecule has 3 aliphatic heterocycles. The van der Waals surface area contributed by atoms with Gasteiger partial charge in [-0.2, -0.15) is 13.2 Å². The van der Waals surface area contributed by atoms with Crippen LogP contribution in [0, 0.1) is 0 Å². The van der Waals surface area contributed by atoms with Crippen LogP contribution in [-0.2, 0) is 4.79 Å². The SMILES string of the molecule is O=C(NCC(F)(F)F)C1C=CC2=C(N1)N(C(=O)Nc1cc(Cl)ncn1)[C@H]1CCN2C1. The van der Waals surface area contributed by atoms with Crippen molar-refractivity contribution in [3.8, 4) is 0 Å². The van der Waals surface area contributed by atoms with E-state index in [1.807, 2.05) is 5.32 Å². The van der Waals surface area contributed by atoms with Crippen LogP contribution in [-0.4, -0.2) is 69.6 Å². The molecule has 13 heteroatoms. The van der Waals surface area contributed by atoms with E-state index in [0.29, 0.717) is 31.0 Å². The number of carbonyl (C=O) groups excluding carboxylic acids is 2. The number of nitrogens with zero attached hydrogens (tertiary/aromatic N) is 4. The molecule has 160 valence electrons. The second-order valence-corrected chi connectivity index (χ2v) is 7.35. The lowest BCUT2D eigenvalue weighted by Gasteiger charge is -2.40. The number of hydrogen-bond acceptors (Lipinski definition) is 6. The Balaban J connectivity index is 1.53. The molecule has 2 bridgehead atoms. The highest BCUT2D eigenvalue weighted by molar-refractivity contribution is 6.29. The summed E-state index contributed by atoms with van der Waals surface area (Å²) in [5.74, 6) is -0.282. The zero-order valence-corrected chi connectivity index (χ0v) is 16.2. The fraction of sp³-hybridized carbons (Fsp3) is 0.412. The number of halogens is 4. The Morgan fingerprint density at radius 2 is 2.13 bits per heavy atom. The van der Waals surface area contributed by atoms with Crippen molar-refractivity contribution in [2.75, 3.05) is 25.0 Å². The normalized spacial score (nSPS) is 22.5. The number of rotatable bonds is 3. The largest absolute Gasteiger partial charge is 0.405 e. The lowest BCUT2D eigenvalue weighted by atomic mass is 10.1. The molecule has 0 radical (unpaired) electrons. The third-order valence-corrected chi connectivity index (χ3v) is 5.13. The van der Waals surface area contributed by atoms with Crippen molar-refractivity contribution < 1.29 is 22.8 Å². The van der Waals surface area contributed by atoms with Gasteiger partial charge in [0.05, 0.1) is 11.7 Å². The molecule has 4 heterocycles. The van der Waals surface area contributed by atoms with Crippen LogP contribution >= 0.6 is 11.6 Å². The number of allylic oxidation sites excluding steroid dienone is 1. The van der Waals surface area contributed by atoms with Crippen LogP contribution in [0.25, 0.3) is 0 Å². The first-order chi connectivity index (χ1) is 14.2. The molecule has 3 aliphatic rings. The number of urea groups is 1. The van der Waals surface area contributed by atoms with Crippen molar-refractivity contribution in [1.82, 2.24) is 30.4 Å². The lowest BCUT2D eigenvalue weighted by molar-refractivity contribution is -0.138. The van der Waals surface area contributed by atoms with E-state index in [1.54, 1.807) is 6.08 Å². The summed E-state index contributed by atoms with van der Waals surface area (Å²) in [6.07, 6.45) is 0.513. The Morgan fingerprint density at radius 3 is 2.87 bits per heavy atom. The molecular weight excluding hydrogens is 427 g/mol. The lowest BCUT2D eigenvalue weighted by Crippen LogP contribution is -2.56. The van der Waals surface area contributed by atoms with E-state index in [4.69, 9.17) is 11.6 Å². The number of alkyl halides is 3. The van der Waals surface area contributed by atoms with Gasteiger partial charge in [0.15, 0.2) is 0 Å². The van der Waals surface area contributed by atoms with Gasteiger partial charge in [0.25, 0.3) is 0 Å². The summed E-state index contributed by atoms with van der Waals surface area (Å²) in [4.78, 5) is 36.4. The number of anilines is 1. The van der Waals surface area contributed by atoms with Crippen LogP contribution in [0.3, 0.4) is 0 Å². The Bertz CT molecular complexity index is 936. The monoisotopic (exact) mass is 443 g/mol. The Kier molecular flexibility index (Phi) is 5.18. The number of carbonyl (C=O) groups is 2. The van der Waals surface area contributed by atoms with E-state index in [2.05, 4.69) is 25.5 Å². The summed E-state index contributed by atoms with van der Waals surface area (Å²) in [7, 11) is 0. The van der Waals surface area contributed by atoms with Gasteiger partial charge >= 0.3 is 12.2 Å². The zero-order valence-electron chi connectivity index (χ0n) is 15.4. The second-order valence-electron chi connectivity index (χ2n) is 6.96. The maximum absolute atomic E-state index is 13.0. The molecule has 1 saturated heterocycles. The van der Waals surface area contributed by atoms with E-state index in [0.717, 1.165) is 0 Å². The summed E-state index contributed by atoms with van der Waals surface area (Å²) in [5.41, 5.74) is 0.694. The first-order valence-electron chi connectivity index (χ1n) is 9.07. The van der Waals surface area contributed by atoms with Gasteiger partial charge < -0.3 is 15.5 Å². The molecule has 2 atom stereocenters. The van der Waals surface area contributed by atoms with Crippen LogP contribution in [0.2, 0.25) is 5.15 Å². The van der Waals surface area contributed by atoms with Gasteiger partial charge in [-0.1, -0.05) is 17.7 Å². The molecule has 0 saturated carbocycles. The Hall–Kier alpha value is -3.02. The third kappa shape index (κ3) is 4.13. The molecular formula is C17H17ClF3N7O2. The number of amides is 3. The molecule has 1 unspecified atom stereocenters. The predicted octanol–water partition coefficient (Wildman–Crippen LogP) is 1.43. The summed E-state index contributed by atoms with van der Waals surface area (Å²) in [6.45, 7) is -0.117. The van der Waals surface area contributed by atoms with Gasteiger partial charge in [0, 0.05) is 19.2 Å². The highest BCUT2D eigenvalue weighted by atomic mass is 35.5. The molecule has 4 rings (SSSR count). The van der Waals surface area contributed by atoms with Crippen LogP contribution in [0.4, 0.5) is 23.8 Å². The number of aromatic nitrogens is 2. The highest BCUT2D eigenvalue weighted by Gasteiger charge is 2.42. The summed E-state index contributed by atoms with van der Waals surface area (Å²) in [6, 6.07) is -0.324. The number of nitrogens with one attached hydrogen (secondary N) is 3. The third-order valence-electron chi connectivity index (χ3n) is 4.92. The first-order valence-corrected chi connectivity index (χ1v) is 9.45. The molecule has 1 fully saturated rings. The van der Waals surface area contributed by atoms with Gasteiger partial charge in [0.1, 0.15) is 35.7 Å². The van der Waals surface area contributed by atoms with Crippen molar-refractivity contribution in [2.45, 2.75) is 24.7 Å². The van der Waals surface area contributed by atoms with E-state index < -0.39 is 30.7 Å². The van der Waals surface area contributed by atoms with E-state index >= 15 is 0 Å². The highest BCUT2D eigenvalue weighted by Crippen LogP contribution is 2.33. The minimum atomic E-state index is -4.52. The average molecular weight is 444 g/mol. The van der Waals surface area contributed by atoms with Gasteiger partial charge in [0.2, 0.25) is 5.91 Å². The van der Waals surface area contributed by atoms with Crippen molar-refractivity contribution in [3.63, 3.8) is 0 Å². The van der Waals surface area contributed by atoms with Crippen LogP contribution < -0.4 is 16.0 Å². The van der Waals surface area contributed by atoms with E-state index in [9.17, 15) is 22.8 Å². The molecule has 3 N–H and O–H groups in total. The summed E-state index contributed by atoms with van der Waals surface area (Å²) in [5, 5.41) is 7.55. The average Bonchev–Trinajstić information content (AvgIpc) is 3.09. The maximum Gasteiger partial charge on any atom is 0.405 e. The maximum atomic E-state index is 13.0. The van der Waals surface area contributed by atoms with Crippen molar-refractivity contribution in [3.05, 3.63) is 41.2 Å². The molecule has 1 aromatic heterocycles. The predicted molar refractivity (Wildman–Crippen MR) is 100 cm³/mol. The van der Waals surface area contributed by atoms with Crippen molar-refractivity contribution in [1.29, 1.82) is 0 Å². The first kappa shape index (κ1) is 20.3. The smallest absolute Gasteiger partial charge is 0.366 e. The zero-order chi connectivity index (χ0) is 21.5. The topological polar surface area (TPSA) is 102 Å². The molecule has 1 aromatic rings. The van der Waals surface area contributed by atoms with Gasteiger partial charge in [-0.3, -0.25) is 15.0 Å². The fourth-order valence-corrected chi connectivity index (χ4v) is 3.77. The number of hydrogen-bond donors (Lipinski definition) is 3. The van der Waals surface area contributed by atoms with Crippen LogP contribution in [0.15, 0.2) is 36.1 Å². The second kappa shape index (κ2) is 7.67. The standard InChI is InChI=1S/C17H17ClF3N7O2/c18-12-5-13(24-8-23-12)26-16(30)28-9-3-4-27(6-9)11-2-1-10(25-14(11)28)15(29)22-7-17(19,20)21/h1-2,5,8-10,25H,3-4,6-7H2,(H,22,29)(H,23,24,26,30)/t9-,10?/m0/s1. The molecule has 30 heavy (non-hydrogen) atoms. The molecule has 3 amide bonds. The molecule has 0 aromatic carbocycles. The molecule has 9 nitrogen and oxygen atoms in total. The minimum absolute atomic E-state index is 0.158. The van der Waals surface area contributed by atoms with Crippen LogP contribution in [0.1, 0.15) is 6.42 Å². The van der Waals surface area contributed by atoms with Crippen LogP contribution in [0.5, 0.6) is 0 Å².